The van der Waals surface area contributed by atoms with E-state index in [1.807, 2.05) is 0 Å². The Kier molecular flexibility index (Phi) is 3.43. The number of nitrogens with one attached hydrogen (secondary N) is 1. The van der Waals surface area contributed by atoms with Gasteiger partial charge in [-0.2, -0.15) is 0 Å². The molecule has 1 heterocycles. The molecule has 1 aromatic carbocycles. The molecule has 0 atom stereocenters. The molecule has 2 rings (SSSR count). The second-order valence-electron chi connectivity index (χ2n) is 3.76. The topological polar surface area (TPSA) is 37.8 Å². The van der Waals surface area contributed by atoms with Crippen LogP contribution >= 0.6 is 11.6 Å². The number of aryl methyl sites for hydroxylation is 1. The lowest BCUT2D eigenvalue weighted by atomic mass is 10.2. The molecule has 1 N–H and O–H groups in total. The van der Waals surface area contributed by atoms with Crippen molar-refractivity contribution in [1.82, 2.24) is 9.97 Å². The molecule has 6 heteroatoms. The van der Waals surface area contributed by atoms with Crippen LogP contribution in [0, 0.1) is 25.5 Å². The van der Waals surface area contributed by atoms with Crippen LogP contribution in [0.4, 0.5) is 20.3 Å². The van der Waals surface area contributed by atoms with Crippen LogP contribution in [-0.2, 0) is 0 Å². The maximum Gasteiger partial charge on any atom is 0.149 e. The molecule has 1 aromatic heterocycles. The first-order valence-corrected chi connectivity index (χ1v) is 5.58. The van der Waals surface area contributed by atoms with Gasteiger partial charge in [-0.15, -0.1) is 0 Å². The van der Waals surface area contributed by atoms with Crippen molar-refractivity contribution in [3.8, 4) is 0 Å². The molecule has 0 saturated carbocycles. The Labute approximate surface area is 108 Å². The molecule has 94 valence electrons. The molecule has 0 aliphatic carbocycles. The summed E-state index contributed by atoms with van der Waals surface area (Å²) in [6.07, 6.45) is 0. The van der Waals surface area contributed by atoms with Gasteiger partial charge in [0.25, 0.3) is 0 Å². The molecule has 0 saturated heterocycles. The van der Waals surface area contributed by atoms with Crippen LogP contribution in [0.2, 0.25) is 5.15 Å². The van der Waals surface area contributed by atoms with Crippen LogP contribution in [0.5, 0.6) is 0 Å². The Bertz CT molecular complexity index is 582. The summed E-state index contributed by atoms with van der Waals surface area (Å²) in [7, 11) is 0. The number of halogens is 3. The van der Waals surface area contributed by atoms with Gasteiger partial charge in [0.15, 0.2) is 0 Å². The molecular formula is C12H10ClF2N3. The van der Waals surface area contributed by atoms with E-state index in [0.717, 1.165) is 12.1 Å². The largest absolute Gasteiger partial charge is 0.335 e. The maximum absolute atomic E-state index is 13.5. The number of rotatable bonds is 2. The number of nitrogens with zero attached hydrogens (tertiary/aromatic N) is 2. The Morgan fingerprint density at radius 3 is 2.33 bits per heavy atom. The van der Waals surface area contributed by atoms with E-state index in [0.29, 0.717) is 11.4 Å². The third-order valence-corrected chi connectivity index (χ3v) is 2.77. The smallest absolute Gasteiger partial charge is 0.149 e. The van der Waals surface area contributed by atoms with Crippen molar-refractivity contribution in [1.29, 1.82) is 0 Å². The molecule has 0 spiro atoms. The Morgan fingerprint density at radius 1 is 1.11 bits per heavy atom. The SMILES string of the molecule is Cc1nc(Cl)c(C)c(Nc2c(F)cccc2F)n1. The summed E-state index contributed by atoms with van der Waals surface area (Å²) < 4.78 is 27.0. The molecule has 18 heavy (non-hydrogen) atoms. The maximum atomic E-state index is 13.5. The zero-order chi connectivity index (χ0) is 13.3. The lowest BCUT2D eigenvalue weighted by Gasteiger charge is -2.11. The van der Waals surface area contributed by atoms with Crippen LogP contribution in [0.3, 0.4) is 0 Å². The van der Waals surface area contributed by atoms with Gasteiger partial charge in [0.2, 0.25) is 0 Å². The van der Waals surface area contributed by atoms with Gasteiger partial charge in [0.1, 0.15) is 34.1 Å². The average molecular weight is 270 g/mol. The molecule has 0 aliphatic rings. The van der Waals surface area contributed by atoms with Crippen molar-refractivity contribution in [3.05, 3.63) is 46.4 Å². The predicted octanol–water partition coefficient (Wildman–Crippen LogP) is 3.77. The van der Waals surface area contributed by atoms with Gasteiger partial charge in [-0.3, -0.25) is 0 Å². The number of benzene rings is 1. The van der Waals surface area contributed by atoms with E-state index in [9.17, 15) is 8.78 Å². The molecule has 3 nitrogen and oxygen atoms in total. The standard InChI is InChI=1S/C12H10ClF2N3/c1-6-11(13)16-7(2)17-12(6)18-10-8(14)4-3-5-9(10)15/h3-5H,1-2H3,(H,16,17,18). The second kappa shape index (κ2) is 4.86. The molecule has 0 aliphatic heterocycles. The fourth-order valence-corrected chi connectivity index (χ4v) is 1.66. The fraction of sp³-hybridized carbons (Fsp3) is 0.167. The highest BCUT2D eigenvalue weighted by Gasteiger charge is 2.13. The summed E-state index contributed by atoms with van der Waals surface area (Å²) in [6, 6.07) is 3.62. The van der Waals surface area contributed by atoms with Crippen LogP contribution in [0.25, 0.3) is 0 Å². The Balaban J connectivity index is 2.46. The lowest BCUT2D eigenvalue weighted by molar-refractivity contribution is 0.590. The third-order valence-electron chi connectivity index (χ3n) is 2.40. The Hall–Kier alpha value is -1.75. The highest BCUT2D eigenvalue weighted by Crippen LogP contribution is 2.26. The number of hydrogen-bond donors (Lipinski definition) is 1. The summed E-state index contributed by atoms with van der Waals surface area (Å²) >= 11 is 5.89. The predicted molar refractivity (Wildman–Crippen MR) is 66.2 cm³/mol. The minimum atomic E-state index is -0.693. The van der Waals surface area contributed by atoms with E-state index >= 15 is 0 Å². The lowest BCUT2D eigenvalue weighted by Crippen LogP contribution is -2.04. The van der Waals surface area contributed by atoms with Crippen LogP contribution in [0.1, 0.15) is 11.4 Å². The number of aromatic nitrogens is 2. The third kappa shape index (κ3) is 2.41. The van der Waals surface area contributed by atoms with Gasteiger partial charge in [-0.05, 0) is 26.0 Å². The normalized spacial score (nSPS) is 10.5. The Morgan fingerprint density at radius 2 is 1.72 bits per heavy atom. The van der Waals surface area contributed by atoms with Crippen molar-refractivity contribution >= 4 is 23.1 Å². The van der Waals surface area contributed by atoms with Crippen LogP contribution < -0.4 is 5.32 Å². The first-order valence-electron chi connectivity index (χ1n) is 5.21. The van der Waals surface area contributed by atoms with E-state index in [1.54, 1.807) is 13.8 Å². The molecule has 0 radical (unpaired) electrons. The van der Waals surface area contributed by atoms with Gasteiger partial charge >= 0.3 is 0 Å². The summed E-state index contributed by atoms with van der Waals surface area (Å²) in [6.45, 7) is 3.32. The molecule has 2 aromatic rings. The van der Waals surface area contributed by atoms with E-state index in [1.165, 1.54) is 6.07 Å². The highest BCUT2D eigenvalue weighted by atomic mass is 35.5. The average Bonchev–Trinajstić information content (AvgIpc) is 2.30. The van der Waals surface area contributed by atoms with Gasteiger partial charge in [0.05, 0.1) is 0 Å². The number of hydrogen-bond acceptors (Lipinski definition) is 3. The van der Waals surface area contributed by atoms with Gasteiger partial charge < -0.3 is 5.32 Å². The molecule has 0 amide bonds. The van der Waals surface area contributed by atoms with Crippen LogP contribution in [0.15, 0.2) is 18.2 Å². The highest BCUT2D eigenvalue weighted by molar-refractivity contribution is 6.30. The zero-order valence-electron chi connectivity index (χ0n) is 9.76. The van der Waals surface area contributed by atoms with Crippen molar-refractivity contribution < 1.29 is 8.78 Å². The zero-order valence-corrected chi connectivity index (χ0v) is 10.5. The minimum absolute atomic E-state index is 0.252. The minimum Gasteiger partial charge on any atom is -0.335 e. The van der Waals surface area contributed by atoms with E-state index in [2.05, 4.69) is 15.3 Å². The quantitative estimate of drug-likeness (QED) is 0.844. The summed E-state index contributed by atoms with van der Waals surface area (Å²) in [5.74, 6) is -0.676. The molecule has 0 fully saturated rings. The number of para-hydroxylation sites is 1. The van der Waals surface area contributed by atoms with E-state index in [4.69, 9.17) is 11.6 Å². The fourth-order valence-electron chi connectivity index (χ4n) is 1.45. The van der Waals surface area contributed by atoms with Crippen molar-refractivity contribution in [2.24, 2.45) is 0 Å². The molecule has 0 unspecified atom stereocenters. The van der Waals surface area contributed by atoms with E-state index < -0.39 is 11.6 Å². The van der Waals surface area contributed by atoms with Crippen molar-refractivity contribution in [2.75, 3.05) is 5.32 Å². The number of anilines is 2. The van der Waals surface area contributed by atoms with E-state index in [-0.39, 0.29) is 16.7 Å². The second-order valence-corrected chi connectivity index (χ2v) is 4.11. The molecule has 0 bridgehead atoms. The van der Waals surface area contributed by atoms with Crippen LogP contribution in [-0.4, -0.2) is 9.97 Å². The monoisotopic (exact) mass is 269 g/mol. The first-order chi connectivity index (χ1) is 8.49. The van der Waals surface area contributed by atoms with Gasteiger partial charge in [-0.1, -0.05) is 17.7 Å². The summed E-state index contributed by atoms with van der Waals surface area (Å²) in [4.78, 5) is 8.02. The van der Waals surface area contributed by atoms with Gasteiger partial charge in [-0.25, -0.2) is 18.7 Å². The van der Waals surface area contributed by atoms with Gasteiger partial charge in [0, 0.05) is 5.56 Å². The molecular weight excluding hydrogens is 260 g/mol. The van der Waals surface area contributed by atoms with Crippen molar-refractivity contribution in [2.45, 2.75) is 13.8 Å². The van der Waals surface area contributed by atoms with Crippen molar-refractivity contribution in [3.63, 3.8) is 0 Å². The first kappa shape index (κ1) is 12.7. The summed E-state index contributed by atoms with van der Waals surface area (Å²) in [5.41, 5.74) is 0.277. The summed E-state index contributed by atoms with van der Waals surface area (Å²) in [5, 5.41) is 2.86.